The van der Waals surface area contributed by atoms with Gasteiger partial charge in [0.05, 0.1) is 33.6 Å². The summed E-state index contributed by atoms with van der Waals surface area (Å²) < 4.78 is 2.73. The molecular weight excluding hydrogens is 436 g/mol. The van der Waals surface area contributed by atoms with Crippen LogP contribution >= 0.6 is 34.3 Å². The van der Waals surface area contributed by atoms with Crippen LogP contribution in [-0.2, 0) is 24.3 Å². The van der Waals surface area contributed by atoms with Gasteiger partial charge in [-0.2, -0.15) is 5.10 Å². The third kappa shape index (κ3) is 4.80. The molecule has 5 nitrogen and oxygen atoms in total. The Kier molecular flexibility index (Phi) is 6.32. The minimum atomic E-state index is -0.0503. The van der Waals surface area contributed by atoms with Gasteiger partial charge in [-0.15, -0.1) is 22.7 Å². The van der Waals surface area contributed by atoms with Crippen LogP contribution < -0.4 is 5.32 Å². The zero-order chi connectivity index (χ0) is 21.1. The van der Waals surface area contributed by atoms with Crippen molar-refractivity contribution in [2.75, 3.05) is 0 Å². The zero-order valence-corrected chi connectivity index (χ0v) is 19.1. The molecule has 3 aromatic heterocycles. The molecule has 0 unspecified atom stereocenters. The molecule has 0 spiro atoms. The van der Waals surface area contributed by atoms with E-state index in [9.17, 15) is 4.79 Å². The fourth-order valence-electron chi connectivity index (χ4n) is 3.24. The normalized spacial score (nSPS) is 11.0. The molecule has 4 aromatic rings. The van der Waals surface area contributed by atoms with Crippen LogP contribution in [0.2, 0.25) is 4.34 Å². The van der Waals surface area contributed by atoms with E-state index >= 15 is 0 Å². The van der Waals surface area contributed by atoms with Crippen LogP contribution in [0, 0.1) is 13.8 Å². The predicted molar refractivity (Wildman–Crippen MR) is 123 cm³/mol. The Morgan fingerprint density at radius 3 is 2.70 bits per heavy atom. The van der Waals surface area contributed by atoms with Crippen molar-refractivity contribution in [2.45, 2.75) is 33.4 Å². The van der Waals surface area contributed by atoms with E-state index in [0.29, 0.717) is 6.54 Å². The summed E-state index contributed by atoms with van der Waals surface area (Å²) in [6.07, 6.45) is 0.256. The van der Waals surface area contributed by atoms with Gasteiger partial charge in [-0.1, -0.05) is 41.9 Å². The minimum absolute atomic E-state index is 0.0503. The molecule has 0 aliphatic carbocycles. The summed E-state index contributed by atoms with van der Waals surface area (Å²) >= 11 is 9.02. The topological polar surface area (TPSA) is 59.8 Å². The van der Waals surface area contributed by atoms with Crippen molar-refractivity contribution < 1.29 is 4.79 Å². The number of rotatable bonds is 7. The van der Waals surface area contributed by atoms with Crippen molar-refractivity contribution in [1.82, 2.24) is 20.1 Å². The fourth-order valence-corrected chi connectivity index (χ4v) is 5.18. The summed E-state index contributed by atoms with van der Waals surface area (Å²) in [5.74, 6) is -0.0503. The molecule has 0 saturated carbocycles. The average Bonchev–Trinajstić information content (AvgIpc) is 3.42. The molecule has 0 atom stereocenters. The van der Waals surface area contributed by atoms with Crippen LogP contribution in [0.4, 0.5) is 0 Å². The number of aromatic nitrogens is 3. The Labute approximate surface area is 188 Å². The van der Waals surface area contributed by atoms with E-state index in [1.165, 1.54) is 28.2 Å². The number of thiophene rings is 1. The number of hydrogen-bond donors (Lipinski definition) is 1. The van der Waals surface area contributed by atoms with Gasteiger partial charge in [-0.05, 0) is 31.5 Å². The largest absolute Gasteiger partial charge is 0.352 e. The molecule has 0 bridgehead atoms. The van der Waals surface area contributed by atoms with Gasteiger partial charge in [0, 0.05) is 23.2 Å². The fraction of sp³-hybridized carbons (Fsp3) is 0.227. The maximum atomic E-state index is 12.5. The number of aryl methyl sites for hydroxylation is 1. The quantitative estimate of drug-likeness (QED) is 0.413. The minimum Gasteiger partial charge on any atom is -0.352 e. The highest BCUT2D eigenvalue weighted by Gasteiger charge is 2.14. The van der Waals surface area contributed by atoms with Gasteiger partial charge in [-0.25, -0.2) is 4.98 Å². The Balaban J connectivity index is 1.37. The number of benzene rings is 1. The second-order valence-electron chi connectivity index (χ2n) is 6.99. The molecule has 0 aliphatic rings. The lowest BCUT2D eigenvalue weighted by Gasteiger charge is -2.07. The van der Waals surface area contributed by atoms with Crippen molar-refractivity contribution >= 4 is 40.2 Å². The van der Waals surface area contributed by atoms with Crippen LogP contribution in [-0.4, -0.2) is 20.7 Å². The van der Waals surface area contributed by atoms with Crippen LogP contribution in [0.3, 0.4) is 0 Å². The molecule has 1 amide bonds. The van der Waals surface area contributed by atoms with E-state index in [1.54, 1.807) is 0 Å². The molecule has 0 radical (unpaired) electrons. The van der Waals surface area contributed by atoms with Crippen molar-refractivity contribution in [1.29, 1.82) is 0 Å². The number of hydrogen-bond acceptors (Lipinski definition) is 5. The SMILES string of the molecule is Cc1nn(Cc2ccccc2)c(C)c1CNC(=O)Cc1csc(-c2ccc(Cl)s2)n1. The van der Waals surface area contributed by atoms with Crippen molar-refractivity contribution in [3.63, 3.8) is 0 Å². The first-order valence-corrected chi connectivity index (χ1v) is 11.6. The maximum absolute atomic E-state index is 12.5. The van der Waals surface area contributed by atoms with Crippen LogP contribution in [0.15, 0.2) is 47.8 Å². The first kappa shape index (κ1) is 20.8. The average molecular weight is 457 g/mol. The van der Waals surface area contributed by atoms with Crippen LogP contribution in [0.5, 0.6) is 0 Å². The third-order valence-electron chi connectivity index (χ3n) is 4.85. The lowest BCUT2D eigenvalue weighted by atomic mass is 10.2. The summed E-state index contributed by atoms with van der Waals surface area (Å²) in [6.45, 7) is 5.21. The molecule has 0 fully saturated rings. The van der Waals surface area contributed by atoms with Crippen molar-refractivity contribution in [3.05, 3.63) is 80.4 Å². The smallest absolute Gasteiger partial charge is 0.226 e. The molecule has 30 heavy (non-hydrogen) atoms. The highest BCUT2D eigenvalue weighted by molar-refractivity contribution is 7.23. The van der Waals surface area contributed by atoms with Crippen molar-refractivity contribution in [2.24, 2.45) is 0 Å². The van der Waals surface area contributed by atoms with Crippen molar-refractivity contribution in [3.8, 4) is 9.88 Å². The summed E-state index contributed by atoms with van der Waals surface area (Å²) in [4.78, 5) is 18.1. The molecule has 0 saturated heterocycles. The highest BCUT2D eigenvalue weighted by Crippen LogP contribution is 2.33. The second-order valence-corrected chi connectivity index (χ2v) is 9.57. The molecule has 1 N–H and O–H groups in total. The number of amides is 1. The molecule has 4 rings (SSSR count). The molecule has 1 aromatic carbocycles. The highest BCUT2D eigenvalue weighted by atomic mass is 35.5. The lowest BCUT2D eigenvalue weighted by molar-refractivity contribution is -0.120. The summed E-state index contributed by atoms with van der Waals surface area (Å²) in [6, 6.07) is 14.0. The number of thiazole rings is 1. The van der Waals surface area contributed by atoms with Gasteiger partial charge in [-0.3, -0.25) is 9.48 Å². The lowest BCUT2D eigenvalue weighted by Crippen LogP contribution is -2.25. The van der Waals surface area contributed by atoms with Gasteiger partial charge in [0.25, 0.3) is 0 Å². The Morgan fingerprint density at radius 1 is 1.17 bits per heavy atom. The number of nitrogens with zero attached hydrogens (tertiary/aromatic N) is 3. The molecule has 0 aliphatic heterocycles. The second kappa shape index (κ2) is 9.12. The number of nitrogens with one attached hydrogen (secondary N) is 1. The van der Waals surface area contributed by atoms with E-state index < -0.39 is 0 Å². The Bertz CT molecular complexity index is 1160. The van der Waals surface area contributed by atoms with E-state index in [1.807, 2.05) is 54.2 Å². The molecule has 8 heteroatoms. The summed E-state index contributed by atoms with van der Waals surface area (Å²) in [5, 5.41) is 10.5. The molecular formula is C22H21ClN4OS2. The monoisotopic (exact) mass is 456 g/mol. The standard InChI is InChI=1S/C22H21ClN4OS2/c1-14-18(15(2)27(26-14)12-16-6-4-3-5-7-16)11-24-21(28)10-17-13-29-22(25-17)19-8-9-20(23)30-19/h3-9,13H,10-12H2,1-2H3,(H,24,28). The number of carbonyl (C=O) groups excluding carboxylic acids is 1. The first-order valence-electron chi connectivity index (χ1n) is 9.53. The van der Waals surface area contributed by atoms with Gasteiger partial charge in [0.15, 0.2) is 0 Å². The molecule has 3 heterocycles. The van der Waals surface area contributed by atoms with E-state index in [0.717, 1.165) is 43.4 Å². The first-order chi connectivity index (χ1) is 14.5. The Morgan fingerprint density at radius 2 is 1.97 bits per heavy atom. The zero-order valence-electron chi connectivity index (χ0n) is 16.7. The predicted octanol–water partition coefficient (Wildman–Crippen LogP) is 5.25. The molecule has 154 valence electrons. The number of carbonyl (C=O) groups is 1. The maximum Gasteiger partial charge on any atom is 0.226 e. The number of halogens is 1. The summed E-state index contributed by atoms with van der Waals surface area (Å²) in [5.41, 5.74) is 5.04. The van der Waals surface area contributed by atoms with Gasteiger partial charge < -0.3 is 5.32 Å². The third-order valence-corrected chi connectivity index (χ3v) is 7.14. The summed E-state index contributed by atoms with van der Waals surface area (Å²) in [7, 11) is 0. The Hall–Kier alpha value is -2.48. The van der Waals surface area contributed by atoms with E-state index in [2.05, 4.69) is 27.5 Å². The van der Waals surface area contributed by atoms with Gasteiger partial charge in [0.1, 0.15) is 5.01 Å². The van der Waals surface area contributed by atoms with Crippen LogP contribution in [0.1, 0.15) is 28.2 Å². The van der Waals surface area contributed by atoms with E-state index in [-0.39, 0.29) is 12.3 Å². The van der Waals surface area contributed by atoms with Gasteiger partial charge in [0.2, 0.25) is 5.91 Å². The van der Waals surface area contributed by atoms with Gasteiger partial charge >= 0.3 is 0 Å². The van der Waals surface area contributed by atoms with Crippen LogP contribution in [0.25, 0.3) is 9.88 Å². The van der Waals surface area contributed by atoms with E-state index in [4.69, 9.17) is 11.6 Å².